The third kappa shape index (κ3) is 3.15. The molecule has 1 fully saturated rings. The fraction of sp³-hybridized carbons (Fsp3) is 0.500. The van der Waals surface area contributed by atoms with Gasteiger partial charge < -0.3 is 5.11 Å². The summed E-state index contributed by atoms with van der Waals surface area (Å²) in [4.78, 5) is 14.0. The molecule has 1 saturated heterocycles. The predicted molar refractivity (Wildman–Crippen MR) is 67.0 cm³/mol. The van der Waals surface area contributed by atoms with Crippen molar-refractivity contribution in [2.45, 2.75) is 12.8 Å². The largest absolute Gasteiger partial charge is 0.396 e. The molecule has 1 heterocycles. The van der Waals surface area contributed by atoms with Crippen LogP contribution in [0.2, 0.25) is 0 Å². The van der Waals surface area contributed by atoms with Crippen molar-refractivity contribution in [3.63, 3.8) is 0 Å². The number of nitrogens with zero attached hydrogens (tertiary/aromatic N) is 1. The maximum Gasteiger partial charge on any atom is 0.179 e. The van der Waals surface area contributed by atoms with Crippen LogP contribution in [0.3, 0.4) is 0 Å². The molecule has 1 aliphatic rings. The second-order valence-corrected chi connectivity index (χ2v) is 4.81. The fourth-order valence-corrected chi connectivity index (χ4v) is 2.30. The predicted octanol–water partition coefficient (Wildman–Crippen LogP) is 1.71. The van der Waals surface area contributed by atoms with Gasteiger partial charge in [-0.2, -0.15) is 0 Å². The van der Waals surface area contributed by atoms with E-state index in [0.29, 0.717) is 5.92 Å². The van der Waals surface area contributed by atoms with Crippen LogP contribution < -0.4 is 0 Å². The summed E-state index contributed by atoms with van der Waals surface area (Å²) in [5, 5.41) is 9.04. The first-order chi connectivity index (χ1) is 8.70. The van der Waals surface area contributed by atoms with Gasteiger partial charge in [-0.1, -0.05) is 12.1 Å². The molecule has 1 N–H and O–H groups in total. The number of hydrogen-bond donors (Lipinski definition) is 1. The molecule has 1 aromatic rings. The van der Waals surface area contributed by atoms with Gasteiger partial charge in [-0.3, -0.25) is 9.69 Å². The van der Waals surface area contributed by atoms with Crippen molar-refractivity contribution < 1.29 is 14.3 Å². The molecule has 3 nitrogen and oxygen atoms in total. The van der Waals surface area contributed by atoms with Gasteiger partial charge in [0.05, 0.1) is 12.1 Å². The molecule has 1 aromatic carbocycles. The quantitative estimate of drug-likeness (QED) is 0.828. The minimum atomic E-state index is -0.451. The number of aliphatic hydroxyl groups is 1. The van der Waals surface area contributed by atoms with E-state index in [0.717, 1.165) is 25.9 Å². The molecule has 0 radical (unpaired) electrons. The number of Topliss-reactive ketones (excluding diaryl/α,β-unsaturated/α-hetero) is 1. The Labute approximate surface area is 106 Å². The van der Waals surface area contributed by atoms with Crippen LogP contribution in [0.1, 0.15) is 23.2 Å². The van der Waals surface area contributed by atoms with E-state index in [-0.39, 0.29) is 24.5 Å². The van der Waals surface area contributed by atoms with Crippen LogP contribution in [0, 0.1) is 11.7 Å². The molecule has 4 heteroatoms. The monoisotopic (exact) mass is 251 g/mol. The number of likely N-dealkylation sites (tertiary alicyclic amines) is 1. The second-order valence-electron chi connectivity index (χ2n) is 4.81. The highest BCUT2D eigenvalue weighted by molar-refractivity contribution is 5.97. The maximum atomic E-state index is 13.4. The van der Waals surface area contributed by atoms with E-state index in [1.54, 1.807) is 12.1 Å². The summed E-state index contributed by atoms with van der Waals surface area (Å²) in [6.07, 6.45) is 1.81. The second kappa shape index (κ2) is 6.07. The van der Waals surface area contributed by atoms with Gasteiger partial charge in [0.2, 0.25) is 0 Å². The van der Waals surface area contributed by atoms with Gasteiger partial charge in [0.25, 0.3) is 0 Å². The van der Waals surface area contributed by atoms with E-state index in [2.05, 4.69) is 0 Å². The smallest absolute Gasteiger partial charge is 0.179 e. The number of hydrogen-bond acceptors (Lipinski definition) is 3. The van der Waals surface area contributed by atoms with E-state index in [9.17, 15) is 9.18 Å². The zero-order valence-corrected chi connectivity index (χ0v) is 10.3. The number of piperidine rings is 1. The number of carbonyl (C=O) groups excluding carboxylic acids is 1. The summed E-state index contributed by atoms with van der Waals surface area (Å²) in [6.45, 7) is 2.07. The average molecular weight is 251 g/mol. The van der Waals surface area contributed by atoms with Crippen molar-refractivity contribution in [3.05, 3.63) is 35.6 Å². The normalized spacial score (nSPS) is 17.9. The highest BCUT2D eigenvalue weighted by Crippen LogP contribution is 2.17. The lowest BCUT2D eigenvalue weighted by Gasteiger charge is -2.30. The Morgan fingerprint density at radius 3 is 2.61 bits per heavy atom. The van der Waals surface area contributed by atoms with Gasteiger partial charge in [-0.15, -0.1) is 0 Å². The topological polar surface area (TPSA) is 40.5 Å². The average Bonchev–Trinajstić information content (AvgIpc) is 2.40. The van der Waals surface area contributed by atoms with E-state index >= 15 is 0 Å². The summed E-state index contributed by atoms with van der Waals surface area (Å²) in [6, 6.07) is 6.09. The van der Waals surface area contributed by atoms with E-state index < -0.39 is 5.82 Å². The highest BCUT2D eigenvalue weighted by Gasteiger charge is 2.21. The van der Waals surface area contributed by atoms with Crippen LogP contribution in [0.5, 0.6) is 0 Å². The Kier molecular flexibility index (Phi) is 4.44. The van der Waals surface area contributed by atoms with Gasteiger partial charge in [-0.05, 0) is 44.0 Å². The van der Waals surface area contributed by atoms with Gasteiger partial charge in [0.1, 0.15) is 5.82 Å². The summed E-state index contributed by atoms with van der Waals surface area (Å²) >= 11 is 0. The van der Waals surface area contributed by atoms with Crippen LogP contribution in [0.25, 0.3) is 0 Å². The summed E-state index contributed by atoms with van der Waals surface area (Å²) in [5.74, 6) is -0.270. The van der Waals surface area contributed by atoms with Gasteiger partial charge >= 0.3 is 0 Å². The number of aliphatic hydroxyl groups excluding tert-OH is 1. The molecule has 0 aromatic heterocycles. The molecular formula is C14H18FNO2. The molecule has 98 valence electrons. The Balaban J connectivity index is 1.91. The first-order valence-corrected chi connectivity index (χ1v) is 6.31. The van der Waals surface area contributed by atoms with Crippen LogP contribution in [-0.4, -0.2) is 42.0 Å². The fourth-order valence-electron chi connectivity index (χ4n) is 2.30. The number of halogens is 1. The minimum absolute atomic E-state index is 0.168. The summed E-state index contributed by atoms with van der Waals surface area (Å²) in [7, 11) is 0. The van der Waals surface area contributed by atoms with Crippen molar-refractivity contribution in [2.24, 2.45) is 5.92 Å². The summed E-state index contributed by atoms with van der Waals surface area (Å²) < 4.78 is 13.4. The van der Waals surface area contributed by atoms with Crippen LogP contribution in [-0.2, 0) is 0 Å². The van der Waals surface area contributed by atoms with Crippen LogP contribution >= 0.6 is 0 Å². The van der Waals surface area contributed by atoms with Gasteiger partial charge in [0.15, 0.2) is 5.78 Å². The molecule has 18 heavy (non-hydrogen) atoms. The van der Waals surface area contributed by atoms with Crippen molar-refractivity contribution in [2.75, 3.05) is 26.2 Å². The Bertz CT molecular complexity index is 414. The zero-order chi connectivity index (χ0) is 13.0. The lowest BCUT2D eigenvalue weighted by molar-refractivity contribution is 0.0860. The minimum Gasteiger partial charge on any atom is -0.396 e. The SMILES string of the molecule is O=C(CN1CCC(CO)CC1)c1ccccc1F. The molecule has 0 unspecified atom stereocenters. The lowest BCUT2D eigenvalue weighted by Crippen LogP contribution is -2.38. The standard InChI is InChI=1S/C14H18FNO2/c15-13-4-2-1-3-12(13)14(18)9-16-7-5-11(10-17)6-8-16/h1-4,11,17H,5-10H2. The van der Waals surface area contributed by atoms with E-state index in [4.69, 9.17) is 5.11 Å². The van der Waals surface area contributed by atoms with Gasteiger partial charge in [-0.25, -0.2) is 4.39 Å². The Hall–Kier alpha value is -1.26. The summed E-state index contributed by atoms with van der Waals surface area (Å²) in [5.41, 5.74) is 0.168. The van der Waals surface area contributed by atoms with Gasteiger partial charge in [0, 0.05) is 6.61 Å². The number of ketones is 1. The van der Waals surface area contributed by atoms with Crippen molar-refractivity contribution in [3.8, 4) is 0 Å². The van der Waals surface area contributed by atoms with Crippen molar-refractivity contribution >= 4 is 5.78 Å². The number of benzene rings is 1. The Morgan fingerprint density at radius 1 is 1.33 bits per heavy atom. The molecule has 0 aliphatic carbocycles. The van der Waals surface area contributed by atoms with Crippen LogP contribution in [0.4, 0.5) is 4.39 Å². The molecule has 1 aliphatic heterocycles. The molecule has 0 atom stereocenters. The zero-order valence-electron chi connectivity index (χ0n) is 10.3. The van der Waals surface area contributed by atoms with Crippen molar-refractivity contribution in [1.82, 2.24) is 4.90 Å². The Morgan fingerprint density at radius 2 is 2.00 bits per heavy atom. The third-order valence-electron chi connectivity index (χ3n) is 3.51. The molecule has 0 spiro atoms. The maximum absolute atomic E-state index is 13.4. The number of rotatable bonds is 4. The third-order valence-corrected chi connectivity index (χ3v) is 3.51. The van der Waals surface area contributed by atoms with Crippen molar-refractivity contribution in [1.29, 1.82) is 0 Å². The first-order valence-electron chi connectivity index (χ1n) is 6.31. The highest BCUT2D eigenvalue weighted by atomic mass is 19.1. The van der Waals surface area contributed by atoms with E-state index in [1.165, 1.54) is 12.1 Å². The molecule has 0 bridgehead atoms. The lowest BCUT2D eigenvalue weighted by atomic mass is 9.97. The molecule has 0 amide bonds. The number of carbonyl (C=O) groups is 1. The first kappa shape index (κ1) is 13.2. The molecule has 0 saturated carbocycles. The molecular weight excluding hydrogens is 233 g/mol. The molecule has 2 rings (SSSR count). The van der Waals surface area contributed by atoms with Crippen LogP contribution in [0.15, 0.2) is 24.3 Å². The van der Waals surface area contributed by atoms with E-state index in [1.807, 2.05) is 4.90 Å².